The van der Waals surface area contributed by atoms with Gasteiger partial charge in [-0.1, -0.05) is 25.5 Å². The van der Waals surface area contributed by atoms with Crippen molar-refractivity contribution in [3.63, 3.8) is 0 Å². The molecule has 34 heavy (non-hydrogen) atoms. The fourth-order valence-electron chi connectivity index (χ4n) is 3.34. The maximum Gasteiger partial charge on any atom is 0.248 e. The predicted molar refractivity (Wildman–Crippen MR) is 135 cm³/mol. The maximum atomic E-state index is 12.1. The predicted octanol–water partition coefficient (Wildman–Crippen LogP) is 5.50. The van der Waals surface area contributed by atoms with Gasteiger partial charge in [0.25, 0.3) is 0 Å². The van der Waals surface area contributed by atoms with Gasteiger partial charge in [-0.15, -0.1) is 0 Å². The summed E-state index contributed by atoms with van der Waals surface area (Å²) in [5, 5.41) is 6.07. The molecule has 0 radical (unpaired) electrons. The summed E-state index contributed by atoms with van der Waals surface area (Å²) in [6, 6.07) is 10.9. The van der Waals surface area contributed by atoms with Crippen molar-refractivity contribution in [2.45, 2.75) is 31.9 Å². The van der Waals surface area contributed by atoms with Crippen LogP contribution in [0.3, 0.4) is 0 Å². The number of carbonyl (C=O) groups is 1. The molecule has 0 bridgehead atoms. The van der Waals surface area contributed by atoms with Crippen LogP contribution in [0.4, 0.5) is 17.3 Å². The number of ether oxygens (including phenoxy) is 2. The molecule has 0 aliphatic carbocycles. The number of pyridine rings is 1. The van der Waals surface area contributed by atoms with Crippen molar-refractivity contribution < 1.29 is 14.3 Å². The monoisotopic (exact) mass is 477 g/mol. The summed E-state index contributed by atoms with van der Waals surface area (Å²) in [7, 11) is 1.58. The van der Waals surface area contributed by atoms with Crippen LogP contribution in [0.25, 0.3) is 0 Å². The Kier molecular flexibility index (Phi) is 7.98. The molecule has 1 aliphatic rings. The first kappa shape index (κ1) is 23.6. The average molecular weight is 478 g/mol. The third-order valence-electron chi connectivity index (χ3n) is 5.03. The van der Waals surface area contributed by atoms with Gasteiger partial charge in [-0.2, -0.15) is 16.7 Å². The number of aromatic nitrogens is 3. The number of hydrogen-bond acceptors (Lipinski definition) is 8. The Morgan fingerprint density at radius 1 is 1.21 bits per heavy atom. The van der Waals surface area contributed by atoms with Gasteiger partial charge < -0.3 is 20.1 Å². The number of amides is 1. The number of carbonyl (C=O) groups excluding carboxylic acids is 1. The van der Waals surface area contributed by atoms with Gasteiger partial charge in [0, 0.05) is 29.1 Å². The number of aryl methyl sites for hydroxylation is 1. The van der Waals surface area contributed by atoms with Crippen molar-refractivity contribution in [2.75, 3.05) is 23.5 Å². The molecular weight excluding hydrogens is 450 g/mol. The van der Waals surface area contributed by atoms with Gasteiger partial charge in [0.15, 0.2) is 0 Å². The lowest BCUT2D eigenvalue weighted by molar-refractivity contribution is -0.111. The second-order valence-corrected chi connectivity index (χ2v) is 8.71. The molecule has 1 amide bonds. The molecule has 176 valence electrons. The standard InChI is InChI=1S/C25H27N5O3S/c1-3-4-5-9-22(31)27-17-7-6-8-19(14-17)33-24-20-16-34-13-12-21(20)29-25(30-24)28-18-10-11-23(32-2)26-15-18/h5-11,14-15H,3-4,12-13,16H2,1-2H3,(H,27,31)(H,28,29,30)/b9-5+. The number of nitrogens with one attached hydrogen (secondary N) is 2. The zero-order chi connectivity index (χ0) is 23.8. The fraction of sp³-hybridized carbons (Fsp3) is 0.280. The molecule has 4 rings (SSSR count). The quantitative estimate of drug-likeness (QED) is 0.390. The van der Waals surface area contributed by atoms with Crippen LogP contribution in [0, 0.1) is 0 Å². The molecule has 0 spiro atoms. The van der Waals surface area contributed by atoms with Crippen LogP contribution in [0.15, 0.2) is 54.7 Å². The number of rotatable bonds is 9. The van der Waals surface area contributed by atoms with Crippen LogP contribution in [0.2, 0.25) is 0 Å². The van der Waals surface area contributed by atoms with E-state index in [0.717, 1.165) is 47.7 Å². The molecular formula is C25H27N5O3S. The number of unbranched alkanes of at least 4 members (excludes halogenated alkanes) is 1. The van der Waals surface area contributed by atoms with Gasteiger partial charge in [-0.25, -0.2) is 9.97 Å². The van der Waals surface area contributed by atoms with Crippen LogP contribution >= 0.6 is 11.8 Å². The lowest BCUT2D eigenvalue weighted by Crippen LogP contribution is -2.11. The summed E-state index contributed by atoms with van der Waals surface area (Å²) in [5.41, 5.74) is 3.37. The van der Waals surface area contributed by atoms with Crippen molar-refractivity contribution in [2.24, 2.45) is 0 Å². The van der Waals surface area contributed by atoms with Gasteiger partial charge >= 0.3 is 0 Å². The Labute approximate surface area is 203 Å². The Hall–Kier alpha value is -3.59. The third kappa shape index (κ3) is 6.26. The summed E-state index contributed by atoms with van der Waals surface area (Å²) < 4.78 is 11.3. The summed E-state index contributed by atoms with van der Waals surface area (Å²) in [6.45, 7) is 2.07. The van der Waals surface area contributed by atoms with Crippen LogP contribution < -0.4 is 20.1 Å². The minimum atomic E-state index is -0.166. The zero-order valence-electron chi connectivity index (χ0n) is 19.2. The van der Waals surface area contributed by atoms with Crippen molar-refractivity contribution in [1.29, 1.82) is 0 Å². The number of anilines is 3. The average Bonchev–Trinajstić information content (AvgIpc) is 2.85. The number of benzene rings is 1. The number of fused-ring (bicyclic) bond motifs is 1. The van der Waals surface area contributed by atoms with E-state index in [-0.39, 0.29) is 5.91 Å². The van der Waals surface area contributed by atoms with Gasteiger partial charge in [0.05, 0.1) is 24.7 Å². The zero-order valence-corrected chi connectivity index (χ0v) is 20.0. The van der Waals surface area contributed by atoms with Gasteiger partial charge in [-0.05, 0) is 42.9 Å². The maximum absolute atomic E-state index is 12.1. The lowest BCUT2D eigenvalue weighted by Gasteiger charge is -2.19. The van der Waals surface area contributed by atoms with E-state index in [4.69, 9.17) is 14.5 Å². The molecule has 8 nitrogen and oxygen atoms in total. The highest BCUT2D eigenvalue weighted by molar-refractivity contribution is 7.98. The molecule has 0 unspecified atom stereocenters. The van der Waals surface area contributed by atoms with Crippen LogP contribution in [0.1, 0.15) is 31.0 Å². The molecule has 0 atom stereocenters. The van der Waals surface area contributed by atoms with Crippen LogP contribution in [-0.2, 0) is 17.0 Å². The summed E-state index contributed by atoms with van der Waals surface area (Å²) in [4.78, 5) is 25.7. The van der Waals surface area contributed by atoms with E-state index >= 15 is 0 Å². The van der Waals surface area contributed by atoms with Gasteiger partial charge in [0.2, 0.25) is 23.6 Å². The topological polar surface area (TPSA) is 98.3 Å². The normalized spacial score (nSPS) is 12.8. The molecule has 2 N–H and O–H groups in total. The first-order chi connectivity index (χ1) is 16.6. The largest absolute Gasteiger partial charge is 0.481 e. The SMILES string of the molecule is CCC/C=C/C(=O)Nc1cccc(Oc2nc(Nc3ccc(OC)nc3)nc3c2CSCC3)c1. The molecule has 9 heteroatoms. The van der Waals surface area contributed by atoms with Gasteiger partial charge in [0.1, 0.15) is 5.75 Å². The second kappa shape index (κ2) is 11.5. The molecule has 0 saturated carbocycles. The van der Waals surface area contributed by atoms with E-state index < -0.39 is 0 Å². The minimum Gasteiger partial charge on any atom is -0.481 e. The molecule has 0 fully saturated rings. The van der Waals surface area contributed by atoms with Crippen molar-refractivity contribution in [3.05, 3.63) is 66.0 Å². The van der Waals surface area contributed by atoms with E-state index in [1.807, 2.05) is 42.1 Å². The minimum absolute atomic E-state index is 0.166. The number of nitrogens with zero attached hydrogens (tertiary/aromatic N) is 3. The van der Waals surface area contributed by atoms with E-state index in [2.05, 4.69) is 27.5 Å². The Balaban J connectivity index is 1.55. The highest BCUT2D eigenvalue weighted by Crippen LogP contribution is 2.34. The second-order valence-electron chi connectivity index (χ2n) is 7.60. The summed E-state index contributed by atoms with van der Waals surface area (Å²) in [6.07, 6.45) is 7.80. The van der Waals surface area contributed by atoms with E-state index in [1.54, 1.807) is 31.5 Å². The van der Waals surface area contributed by atoms with Gasteiger partial charge in [-0.3, -0.25) is 4.79 Å². The summed E-state index contributed by atoms with van der Waals surface area (Å²) >= 11 is 1.83. The number of hydrogen-bond donors (Lipinski definition) is 2. The highest BCUT2D eigenvalue weighted by Gasteiger charge is 2.20. The first-order valence-corrected chi connectivity index (χ1v) is 12.3. The first-order valence-electron chi connectivity index (χ1n) is 11.1. The molecule has 3 heterocycles. The molecule has 2 aromatic heterocycles. The van der Waals surface area contributed by atoms with Crippen molar-refractivity contribution >= 4 is 35.0 Å². The van der Waals surface area contributed by atoms with Crippen molar-refractivity contribution in [3.8, 4) is 17.5 Å². The number of allylic oxidation sites excluding steroid dienone is 1. The van der Waals surface area contributed by atoms with E-state index in [9.17, 15) is 4.79 Å². The Morgan fingerprint density at radius 2 is 2.12 bits per heavy atom. The van der Waals surface area contributed by atoms with E-state index in [0.29, 0.717) is 29.1 Å². The fourth-order valence-corrected chi connectivity index (χ4v) is 4.31. The summed E-state index contributed by atoms with van der Waals surface area (Å²) in [5.74, 6) is 3.69. The van der Waals surface area contributed by atoms with Crippen LogP contribution in [0.5, 0.6) is 17.5 Å². The Morgan fingerprint density at radius 3 is 2.91 bits per heavy atom. The molecule has 1 aliphatic heterocycles. The number of methoxy groups -OCH3 is 1. The van der Waals surface area contributed by atoms with Crippen molar-refractivity contribution in [1.82, 2.24) is 15.0 Å². The van der Waals surface area contributed by atoms with E-state index in [1.165, 1.54) is 0 Å². The van der Waals surface area contributed by atoms with Crippen LogP contribution in [-0.4, -0.2) is 33.7 Å². The smallest absolute Gasteiger partial charge is 0.248 e. The highest BCUT2D eigenvalue weighted by atomic mass is 32.2. The third-order valence-corrected chi connectivity index (χ3v) is 6.01. The lowest BCUT2D eigenvalue weighted by atomic mass is 10.2. The Bertz CT molecular complexity index is 1170. The molecule has 1 aromatic carbocycles. The molecule has 0 saturated heterocycles. The number of thioether (sulfide) groups is 1. The molecule has 3 aromatic rings.